The zero-order chi connectivity index (χ0) is 19.4. The van der Waals surface area contributed by atoms with Crippen molar-refractivity contribution < 1.29 is 19.0 Å². The van der Waals surface area contributed by atoms with E-state index in [1.807, 2.05) is 56.3 Å². The highest BCUT2D eigenvalue weighted by Gasteiger charge is 2.24. The van der Waals surface area contributed by atoms with Crippen molar-refractivity contribution in [3.63, 3.8) is 0 Å². The number of fused-ring (bicyclic) bond motifs is 1. The minimum Gasteiger partial charge on any atom is -0.496 e. The Labute approximate surface area is 160 Å². The van der Waals surface area contributed by atoms with Crippen LogP contribution in [0.2, 0.25) is 0 Å². The van der Waals surface area contributed by atoms with Crippen LogP contribution in [-0.4, -0.2) is 44.3 Å². The SMILES string of the molecule is COc1ccc(C)cc1C(C)NC(=O)N(C)CC1COc2ccccc2O1. The van der Waals surface area contributed by atoms with Gasteiger partial charge in [0.25, 0.3) is 0 Å². The van der Waals surface area contributed by atoms with Gasteiger partial charge in [-0.2, -0.15) is 0 Å². The summed E-state index contributed by atoms with van der Waals surface area (Å²) in [6.07, 6.45) is -0.209. The summed E-state index contributed by atoms with van der Waals surface area (Å²) in [4.78, 5) is 14.2. The van der Waals surface area contributed by atoms with E-state index in [0.717, 1.165) is 22.6 Å². The molecule has 1 aliphatic heterocycles. The zero-order valence-electron chi connectivity index (χ0n) is 16.2. The Hall–Kier alpha value is -2.89. The summed E-state index contributed by atoms with van der Waals surface area (Å²) in [5.74, 6) is 2.21. The average Bonchev–Trinajstić information content (AvgIpc) is 2.67. The first-order chi connectivity index (χ1) is 13.0. The Morgan fingerprint density at radius 3 is 2.78 bits per heavy atom. The molecule has 0 bridgehead atoms. The third kappa shape index (κ3) is 4.45. The van der Waals surface area contributed by atoms with E-state index < -0.39 is 0 Å². The molecule has 0 fully saturated rings. The minimum atomic E-state index is -0.209. The number of likely N-dealkylation sites (N-methyl/N-ethyl adjacent to an activating group) is 1. The summed E-state index contributed by atoms with van der Waals surface area (Å²) in [6, 6.07) is 13.1. The molecule has 1 aliphatic rings. The molecule has 1 N–H and O–H groups in total. The van der Waals surface area contributed by atoms with Crippen molar-refractivity contribution in [1.82, 2.24) is 10.2 Å². The number of nitrogens with zero attached hydrogens (tertiary/aromatic N) is 1. The fourth-order valence-corrected chi connectivity index (χ4v) is 3.11. The quantitative estimate of drug-likeness (QED) is 0.874. The molecule has 0 aromatic heterocycles. The van der Waals surface area contributed by atoms with Crippen LogP contribution in [0.15, 0.2) is 42.5 Å². The van der Waals surface area contributed by atoms with E-state index in [9.17, 15) is 4.79 Å². The van der Waals surface area contributed by atoms with E-state index in [4.69, 9.17) is 14.2 Å². The van der Waals surface area contributed by atoms with Crippen LogP contribution >= 0.6 is 0 Å². The maximum atomic E-state index is 12.6. The van der Waals surface area contributed by atoms with Crippen molar-refractivity contribution in [3.05, 3.63) is 53.6 Å². The maximum absolute atomic E-state index is 12.6. The van der Waals surface area contributed by atoms with E-state index in [1.54, 1.807) is 19.1 Å². The fourth-order valence-electron chi connectivity index (χ4n) is 3.11. The molecule has 0 saturated carbocycles. The minimum absolute atomic E-state index is 0.173. The van der Waals surface area contributed by atoms with E-state index in [2.05, 4.69) is 5.32 Å². The largest absolute Gasteiger partial charge is 0.496 e. The lowest BCUT2D eigenvalue weighted by molar-refractivity contribution is 0.0713. The molecule has 3 rings (SSSR count). The van der Waals surface area contributed by atoms with Crippen molar-refractivity contribution in [3.8, 4) is 17.2 Å². The number of urea groups is 1. The van der Waals surface area contributed by atoms with Crippen LogP contribution in [0.5, 0.6) is 17.2 Å². The lowest BCUT2D eigenvalue weighted by Crippen LogP contribution is -2.46. The average molecular weight is 370 g/mol. The van der Waals surface area contributed by atoms with Gasteiger partial charge in [0.1, 0.15) is 12.4 Å². The molecule has 27 heavy (non-hydrogen) atoms. The molecule has 6 nitrogen and oxygen atoms in total. The van der Waals surface area contributed by atoms with Crippen molar-refractivity contribution in [2.45, 2.75) is 26.0 Å². The number of nitrogens with one attached hydrogen (secondary N) is 1. The smallest absolute Gasteiger partial charge is 0.317 e. The predicted molar refractivity (Wildman–Crippen MR) is 104 cm³/mol. The number of carbonyl (C=O) groups is 1. The number of ether oxygens (including phenoxy) is 3. The number of aryl methyl sites for hydroxylation is 1. The molecule has 0 aliphatic carbocycles. The molecule has 0 spiro atoms. The summed E-state index contributed by atoms with van der Waals surface area (Å²) in [6.45, 7) is 4.80. The van der Waals surface area contributed by atoms with Gasteiger partial charge in [-0.05, 0) is 32.0 Å². The highest BCUT2D eigenvalue weighted by atomic mass is 16.6. The Morgan fingerprint density at radius 1 is 1.30 bits per heavy atom. The van der Waals surface area contributed by atoms with Crippen LogP contribution < -0.4 is 19.5 Å². The van der Waals surface area contributed by atoms with Crippen molar-refractivity contribution in [2.75, 3.05) is 27.3 Å². The summed E-state index contributed by atoms with van der Waals surface area (Å²) >= 11 is 0. The van der Waals surface area contributed by atoms with Gasteiger partial charge < -0.3 is 24.4 Å². The first-order valence-corrected chi connectivity index (χ1v) is 9.02. The Bertz CT molecular complexity index is 809. The second kappa shape index (κ2) is 8.20. The zero-order valence-corrected chi connectivity index (χ0v) is 16.2. The molecular weight excluding hydrogens is 344 g/mol. The van der Waals surface area contributed by atoms with Gasteiger partial charge in [0, 0.05) is 12.6 Å². The molecule has 2 aromatic carbocycles. The summed E-state index contributed by atoms with van der Waals surface area (Å²) in [7, 11) is 3.38. The third-order valence-corrected chi connectivity index (χ3v) is 4.58. The molecule has 2 amide bonds. The first-order valence-electron chi connectivity index (χ1n) is 9.02. The number of amides is 2. The van der Waals surface area contributed by atoms with Crippen LogP contribution in [0.25, 0.3) is 0 Å². The van der Waals surface area contributed by atoms with E-state index >= 15 is 0 Å². The molecule has 2 aromatic rings. The molecular formula is C21H26N2O4. The lowest BCUT2D eigenvalue weighted by atomic mass is 10.0. The topological polar surface area (TPSA) is 60.0 Å². The normalized spacial score (nSPS) is 16.4. The summed E-state index contributed by atoms with van der Waals surface area (Å²) < 4.78 is 17.1. The number of rotatable bonds is 5. The number of para-hydroxylation sites is 2. The van der Waals surface area contributed by atoms with Gasteiger partial charge >= 0.3 is 6.03 Å². The lowest BCUT2D eigenvalue weighted by Gasteiger charge is -2.30. The Morgan fingerprint density at radius 2 is 2.04 bits per heavy atom. The number of hydrogen-bond acceptors (Lipinski definition) is 4. The van der Waals surface area contributed by atoms with E-state index in [0.29, 0.717) is 18.9 Å². The van der Waals surface area contributed by atoms with Crippen LogP contribution in [0.4, 0.5) is 4.79 Å². The maximum Gasteiger partial charge on any atom is 0.317 e. The highest BCUT2D eigenvalue weighted by molar-refractivity contribution is 5.74. The van der Waals surface area contributed by atoms with Crippen LogP contribution in [-0.2, 0) is 0 Å². The van der Waals surface area contributed by atoms with E-state index in [-0.39, 0.29) is 18.2 Å². The van der Waals surface area contributed by atoms with Gasteiger partial charge in [-0.25, -0.2) is 4.79 Å². The second-order valence-electron chi connectivity index (χ2n) is 6.79. The number of carbonyl (C=O) groups excluding carboxylic acids is 1. The Kier molecular flexibility index (Phi) is 5.74. The van der Waals surface area contributed by atoms with Gasteiger partial charge in [0.2, 0.25) is 0 Å². The molecule has 2 atom stereocenters. The van der Waals surface area contributed by atoms with Crippen molar-refractivity contribution in [2.24, 2.45) is 0 Å². The monoisotopic (exact) mass is 370 g/mol. The van der Waals surface area contributed by atoms with Gasteiger partial charge in [-0.1, -0.05) is 29.8 Å². The van der Waals surface area contributed by atoms with E-state index in [1.165, 1.54) is 0 Å². The van der Waals surface area contributed by atoms with Crippen molar-refractivity contribution >= 4 is 6.03 Å². The molecule has 2 unspecified atom stereocenters. The summed E-state index contributed by atoms with van der Waals surface area (Å²) in [5.41, 5.74) is 2.07. The van der Waals surface area contributed by atoms with Crippen LogP contribution in [0.3, 0.4) is 0 Å². The number of benzene rings is 2. The van der Waals surface area contributed by atoms with Crippen molar-refractivity contribution in [1.29, 1.82) is 0 Å². The number of hydrogen-bond donors (Lipinski definition) is 1. The second-order valence-corrected chi connectivity index (χ2v) is 6.79. The number of methoxy groups -OCH3 is 1. The van der Waals surface area contributed by atoms with Gasteiger partial charge in [0.15, 0.2) is 17.6 Å². The standard InChI is InChI=1S/C21H26N2O4/c1-14-9-10-18(25-4)17(11-14)15(2)22-21(24)23(3)12-16-13-26-19-7-5-6-8-20(19)27-16/h5-11,15-16H,12-13H2,1-4H3,(H,22,24). The first kappa shape index (κ1) is 18.9. The molecule has 0 saturated heterocycles. The fraction of sp³-hybridized carbons (Fsp3) is 0.381. The summed E-state index contributed by atoms with van der Waals surface area (Å²) in [5, 5.41) is 3.02. The molecule has 6 heteroatoms. The Balaban J connectivity index is 1.59. The molecule has 144 valence electrons. The van der Waals surface area contributed by atoms with Gasteiger partial charge in [0.05, 0.1) is 19.7 Å². The van der Waals surface area contributed by atoms with Gasteiger partial charge in [-0.3, -0.25) is 0 Å². The van der Waals surface area contributed by atoms with Crippen LogP contribution in [0, 0.1) is 6.92 Å². The highest BCUT2D eigenvalue weighted by Crippen LogP contribution is 2.31. The van der Waals surface area contributed by atoms with Crippen LogP contribution in [0.1, 0.15) is 24.1 Å². The molecule has 1 heterocycles. The third-order valence-electron chi connectivity index (χ3n) is 4.58. The predicted octanol–water partition coefficient (Wildman–Crippen LogP) is 3.55. The van der Waals surface area contributed by atoms with Gasteiger partial charge in [-0.15, -0.1) is 0 Å². The molecule has 0 radical (unpaired) electrons.